The molecule has 3 aromatic carbocycles. The Kier molecular flexibility index (Phi) is 8.82. The minimum absolute atomic E-state index is 0.101. The van der Waals surface area contributed by atoms with E-state index in [0.29, 0.717) is 43.2 Å². The number of para-hydroxylation sites is 2. The molecule has 1 saturated heterocycles. The maximum absolute atomic E-state index is 13.9. The molecular weight excluding hydrogens is 562 g/mol. The predicted octanol–water partition coefficient (Wildman–Crippen LogP) is 2.97. The topological polar surface area (TPSA) is 111 Å². The summed E-state index contributed by atoms with van der Waals surface area (Å²) in [6.07, 6.45) is 2.95. The first-order valence-corrected chi connectivity index (χ1v) is 15.9. The molecule has 2 heterocycles. The highest BCUT2D eigenvalue weighted by atomic mass is 35.5. The van der Waals surface area contributed by atoms with Gasteiger partial charge in [0.25, 0.3) is 0 Å². The average molecular weight is 596 g/mol. The first-order chi connectivity index (χ1) is 19.7. The average Bonchev–Trinajstić information content (AvgIpc) is 2.96. The van der Waals surface area contributed by atoms with Gasteiger partial charge in [0.2, 0.25) is 22.3 Å². The van der Waals surface area contributed by atoms with E-state index in [4.69, 9.17) is 11.6 Å². The largest absolute Gasteiger partial charge is 0.361 e. The lowest BCUT2D eigenvalue weighted by atomic mass is 9.87. The van der Waals surface area contributed by atoms with Crippen LogP contribution in [0.5, 0.6) is 0 Å². The molecule has 0 spiro atoms. The van der Waals surface area contributed by atoms with Gasteiger partial charge in [-0.3, -0.25) is 14.3 Å². The highest BCUT2D eigenvalue weighted by Gasteiger charge is 2.39. The van der Waals surface area contributed by atoms with E-state index in [1.54, 1.807) is 24.3 Å². The van der Waals surface area contributed by atoms with Crippen LogP contribution in [-0.4, -0.2) is 70.2 Å². The number of carbonyl (C=O) groups excluding carboxylic acids is 2. The second kappa shape index (κ2) is 12.5. The first kappa shape index (κ1) is 28.9. The van der Waals surface area contributed by atoms with Gasteiger partial charge in [0.05, 0.1) is 29.7 Å². The second-order valence-electron chi connectivity index (χ2n) is 10.5. The van der Waals surface area contributed by atoms with Crippen molar-refractivity contribution in [1.29, 1.82) is 0 Å². The third kappa shape index (κ3) is 6.83. The molecule has 11 heteroatoms. The van der Waals surface area contributed by atoms with Gasteiger partial charge in [-0.2, -0.15) is 0 Å². The van der Waals surface area contributed by atoms with Gasteiger partial charge >= 0.3 is 0 Å². The van der Waals surface area contributed by atoms with Crippen molar-refractivity contribution in [3.05, 3.63) is 94.5 Å². The van der Waals surface area contributed by atoms with Crippen molar-refractivity contribution in [1.82, 2.24) is 15.5 Å². The van der Waals surface area contributed by atoms with Crippen molar-refractivity contribution in [2.24, 2.45) is 0 Å². The summed E-state index contributed by atoms with van der Waals surface area (Å²) in [5, 5.41) is 6.99. The highest BCUT2D eigenvalue weighted by molar-refractivity contribution is 7.92. The molecule has 0 saturated carbocycles. The van der Waals surface area contributed by atoms with Crippen LogP contribution in [0.2, 0.25) is 5.02 Å². The third-order valence-corrected chi connectivity index (χ3v) is 8.54. The number of hydrogen-bond acceptors (Lipinski definition) is 6. The third-order valence-electron chi connectivity index (χ3n) is 7.69. The maximum atomic E-state index is 13.9. The molecule has 3 N–H and O–H groups in total. The normalized spacial score (nSPS) is 19.7. The van der Waals surface area contributed by atoms with Gasteiger partial charge < -0.3 is 20.4 Å². The van der Waals surface area contributed by atoms with Crippen molar-refractivity contribution in [3.8, 4) is 0 Å². The Balaban J connectivity index is 1.48. The summed E-state index contributed by atoms with van der Waals surface area (Å²) in [5.74, 6) is -0.164. The monoisotopic (exact) mass is 595 g/mol. The molecule has 1 fully saturated rings. The van der Waals surface area contributed by atoms with Gasteiger partial charge in [-0.1, -0.05) is 60.1 Å². The Labute approximate surface area is 245 Å². The molecule has 0 bridgehead atoms. The summed E-state index contributed by atoms with van der Waals surface area (Å²) in [6, 6.07) is 21.8. The zero-order chi connectivity index (χ0) is 29.0. The van der Waals surface area contributed by atoms with Crippen LogP contribution in [0, 0.1) is 0 Å². The summed E-state index contributed by atoms with van der Waals surface area (Å²) in [7, 11) is -3.51. The molecule has 3 atom stereocenters. The lowest BCUT2D eigenvalue weighted by Crippen LogP contribution is -2.62. The minimum atomic E-state index is -3.51. The van der Waals surface area contributed by atoms with E-state index in [9.17, 15) is 18.0 Å². The summed E-state index contributed by atoms with van der Waals surface area (Å²) in [4.78, 5) is 29.4. The number of fused-ring (bicyclic) bond motifs is 1. The summed E-state index contributed by atoms with van der Waals surface area (Å²) >= 11 is 6.03. The number of nitrogens with one attached hydrogen (secondary N) is 3. The van der Waals surface area contributed by atoms with Crippen molar-refractivity contribution < 1.29 is 18.0 Å². The van der Waals surface area contributed by atoms with E-state index in [-0.39, 0.29) is 18.0 Å². The van der Waals surface area contributed by atoms with Crippen LogP contribution in [0.4, 0.5) is 11.4 Å². The molecule has 0 aliphatic carbocycles. The molecule has 9 nitrogen and oxygen atoms in total. The number of carbonyl (C=O) groups is 2. The van der Waals surface area contributed by atoms with Crippen LogP contribution >= 0.6 is 11.6 Å². The number of nitrogens with zero attached hydrogens (tertiary/aromatic N) is 2. The van der Waals surface area contributed by atoms with Crippen LogP contribution in [0.1, 0.15) is 22.7 Å². The summed E-state index contributed by atoms with van der Waals surface area (Å²) < 4.78 is 27.0. The molecule has 5 rings (SSSR count). The Morgan fingerprint density at radius 3 is 2.56 bits per heavy atom. The van der Waals surface area contributed by atoms with Crippen LogP contribution in [0.3, 0.4) is 0 Å². The molecule has 1 unspecified atom stereocenters. The zero-order valence-electron chi connectivity index (χ0n) is 22.8. The van der Waals surface area contributed by atoms with Gasteiger partial charge in [-0.25, -0.2) is 8.42 Å². The number of hydrogen-bond donors (Lipinski definition) is 3. The number of sulfonamides is 1. The van der Waals surface area contributed by atoms with Crippen LogP contribution in [0.25, 0.3) is 0 Å². The Bertz CT molecular complexity index is 1500. The molecule has 2 amide bonds. The van der Waals surface area contributed by atoms with Crippen molar-refractivity contribution in [2.75, 3.05) is 42.1 Å². The van der Waals surface area contributed by atoms with Gasteiger partial charge in [-0.15, -0.1) is 0 Å². The zero-order valence-corrected chi connectivity index (χ0v) is 24.4. The molecule has 3 aromatic rings. The van der Waals surface area contributed by atoms with E-state index < -0.39 is 16.1 Å². The van der Waals surface area contributed by atoms with Crippen LogP contribution in [-0.2, 0) is 32.5 Å². The standard InChI is InChI=1S/C30H34ClN5O4S/c1-41(39,40)34-25-8-4-5-9-27(25)36-17-16-35(19-28(36)29-24-7-3-2-6-22(24)14-15-32-29)30(38)26(33-20-37)18-21-10-12-23(31)13-11-21/h2-13,20,26,28-29,32,34H,14-19H2,1H3,(H,33,37)/t26-,28-,29?/m0/s1. The fourth-order valence-electron chi connectivity index (χ4n) is 5.86. The first-order valence-electron chi connectivity index (χ1n) is 13.6. The molecule has 216 valence electrons. The van der Waals surface area contributed by atoms with E-state index in [1.807, 2.05) is 41.3 Å². The van der Waals surface area contributed by atoms with Gasteiger partial charge in [0.1, 0.15) is 6.04 Å². The number of amides is 2. The van der Waals surface area contributed by atoms with E-state index in [0.717, 1.165) is 30.5 Å². The lowest BCUT2D eigenvalue weighted by molar-refractivity contribution is -0.135. The van der Waals surface area contributed by atoms with Crippen molar-refractivity contribution in [3.63, 3.8) is 0 Å². The van der Waals surface area contributed by atoms with Gasteiger partial charge in [-0.05, 0) is 53.9 Å². The number of halogens is 1. The number of anilines is 2. The van der Waals surface area contributed by atoms with Crippen LogP contribution < -0.4 is 20.3 Å². The summed E-state index contributed by atoms with van der Waals surface area (Å²) in [6.45, 7) is 2.06. The SMILES string of the molecule is CS(=O)(=O)Nc1ccccc1N1CCN(C(=O)[C@H](Cc2ccc(Cl)cc2)NC=O)C[C@H]1C1NCCc2ccccc21. The Morgan fingerprint density at radius 1 is 1.07 bits per heavy atom. The second-order valence-corrected chi connectivity index (χ2v) is 12.7. The maximum Gasteiger partial charge on any atom is 0.245 e. The lowest BCUT2D eigenvalue weighted by Gasteiger charge is -2.48. The number of rotatable bonds is 9. The fraction of sp³-hybridized carbons (Fsp3) is 0.333. The minimum Gasteiger partial charge on any atom is -0.361 e. The van der Waals surface area contributed by atoms with E-state index in [1.165, 1.54) is 11.1 Å². The fourth-order valence-corrected chi connectivity index (χ4v) is 6.56. The summed E-state index contributed by atoms with van der Waals surface area (Å²) in [5.41, 5.74) is 4.56. The van der Waals surface area contributed by atoms with Crippen molar-refractivity contribution in [2.45, 2.75) is 31.0 Å². The van der Waals surface area contributed by atoms with Gasteiger partial charge in [0.15, 0.2) is 0 Å². The van der Waals surface area contributed by atoms with Gasteiger partial charge in [0, 0.05) is 31.1 Å². The highest BCUT2D eigenvalue weighted by Crippen LogP contribution is 2.36. The molecular formula is C30H34ClN5O4S. The Morgan fingerprint density at radius 2 is 1.80 bits per heavy atom. The van der Waals surface area contributed by atoms with Crippen molar-refractivity contribution >= 4 is 45.3 Å². The predicted molar refractivity (Wildman–Crippen MR) is 162 cm³/mol. The number of piperazine rings is 1. The molecule has 0 radical (unpaired) electrons. The Hall–Kier alpha value is -3.60. The van der Waals surface area contributed by atoms with Crippen LogP contribution in [0.15, 0.2) is 72.8 Å². The van der Waals surface area contributed by atoms with E-state index >= 15 is 0 Å². The quantitative estimate of drug-likeness (QED) is 0.328. The molecule has 2 aliphatic rings. The molecule has 0 aromatic heterocycles. The molecule has 2 aliphatic heterocycles. The molecule has 41 heavy (non-hydrogen) atoms. The smallest absolute Gasteiger partial charge is 0.245 e. The number of benzene rings is 3. The van der Waals surface area contributed by atoms with E-state index in [2.05, 4.69) is 32.4 Å².